The Balaban J connectivity index is 1.49. The number of rotatable bonds is 6. The van der Waals surface area contributed by atoms with Crippen LogP contribution in [0.15, 0.2) is 41.2 Å². The molecule has 2 aromatic heterocycles. The summed E-state index contributed by atoms with van der Waals surface area (Å²) >= 11 is 0. The normalized spacial score (nSPS) is 18.1. The molecule has 1 aromatic carbocycles. The molecule has 29 heavy (non-hydrogen) atoms. The predicted molar refractivity (Wildman–Crippen MR) is 108 cm³/mol. The molecule has 0 aliphatic carbocycles. The van der Waals surface area contributed by atoms with Gasteiger partial charge >= 0.3 is 0 Å². The molecule has 3 aromatic rings. The lowest BCUT2D eigenvalue weighted by Gasteiger charge is -2.32. The molecule has 4 rings (SSSR count). The van der Waals surface area contributed by atoms with Gasteiger partial charge in [0.1, 0.15) is 17.6 Å². The van der Waals surface area contributed by atoms with Crippen molar-refractivity contribution in [1.82, 2.24) is 19.4 Å². The minimum Gasteiger partial charge on any atom is -0.470 e. The van der Waals surface area contributed by atoms with Gasteiger partial charge in [-0.15, -0.1) is 0 Å². The number of fused-ring (bicyclic) bond motifs is 1. The second-order valence-corrected chi connectivity index (χ2v) is 9.17. The van der Waals surface area contributed by atoms with Gasteiger partial charge in [-0.2, -0.15) is 4.31 Å². The third kappa shape index (κ3) is 4.18. The molecule has 0 amide bonds. The van der Waals surface area contributed by atoms with Gasteiger partial charge in [-0.05, 0) is 25.0 Å². The Morgan fingerprint density at radius 3 is 2.86 bits per heavy atom. The summed E-state index contributed by atoms with van der Waals surface area (Å²) in [5.74, 6) is 0.816. The number of ether oxygens (including phenoxy) is 1. The molecule has 0 N–H and O–H groups in total. The van der Waals surface area contributed by atoms with E-state index in [4.69, 9.17) is 9.26 Å². The number of aromatic nitrogens is 3. The lowest BCUT2D eigenvalue weighted by Crippen LogP contribution is -2.45. The van der Waals surface area contributed by atoms with Gasteiger partial charge in [0.05, 0.1) is 6.54 Å². The maximum absolute atomic E-state index is 13.0. The molecule has 0 saturated carbocycles. The number of nitrogens with zero attached hydrogens (tertiary/aromatic N) is 5. The molecule has 0 bridgehead atoms. The van der Waals surface area contributed by atoms with Crippen molar-refractivity contribution >= 4 is 26.8 Å². The van der Waals surface area contributed by atoms with E-state index in [2.05, 4.69) is 15.1 Å². The van der Waals surface area contributed by atoms with Crippen LogP contribution in [0.3, 0.4) is 0 Å². The third-order valence-corrected chi connectivity index (χ3v) is 6.61. The van der Waals surface area contributed by atoms with Crippen LogP contribution in [-0.4, -0.2) is 61.1 Å². The van der Waals surface area contributed by atoms with Crippen LogP contribution in [0.1, 0.15) is 18.5 Å². The van der Waals surface area contributed by atoms with Crippen molar-refractivity contribution in [1.29, 1.82) is 0 Å². The Bertz CT molecular complexity index is 1100. The first-order valence-corrected chi connectivity index (χ1v) is 11.0. The number of sulfonamides is 1. The Morgan fingerprint density at radius 1 is 1.24 bits per heavy atom. The molecular formula is C19H23N5O4S. The first-order chi connectivity index (χ1) is 13.9. The van der Waals surface area contributed by atoms with E-state index in [0.29, 0.717) is 35.9 Å². The van der Waals surface area contributed by atoms with E-state index < -0.39 is 10.0 Å². The summed E-state index contributed by atoms with van der Waals surface area (Å²) in [5, 5.41) is 4.68. The van der Waals surface area contributed by atoms with E-state index in [1.807, 2.05) is 37.2 Å². The third-order valence-electron chi connectivity index (χ3n) is 4.85. The van der Waals surface area contributed by atoms with Crippen molar-refractivity contribution in [2.45, 2.75) is 24.7 Å². The van der Waals surface area contributed by atoms with Crippen molar-refractivity contribution in [3.63, 3.8) is 0 Å². The molecule has 1 unspecified atom stereocenters. The first kappa shape index (κ1) is 19.6. The average molecular weight is 417 g/mol. The summed E-state index contributed by atoms with van der Waals surface area (Å²) in [6, 6.07) is 7.25. The van der Waals surface area contributed by atoms with Crippen LogP contribution in [0.5, 0.6) is 5.88 Å². The minimum absolute atomic E-state index is 0.204. The monoisotopic (exact) mass is 417 g/mol. The van der Waals surface area contributed by atoms with Crippen LogP contribution < -0.4 is 9.64 Å². The van der Waals surface area contributed by atoms with E-state index in [1.54, 1.807) is 18.5 Å². The van der Waals surface area contributed by atoms with Gasteiger partial charge in [0.25, 0.3) is 5.88 Å². The zero-order valence-corrected chi connectivity index (χ0v) is 17.2. The Kier molecular flexibility index (Phi) is 5.37. The number of hydrogen-bond donors (Lipinski definition) is 0. The van der Waals surface area contributed by atoms with Crippen LogP contribution in [0.4, 0.5) is 5.82 Å². The summed E-state index contributed by atoms with van der Waals surface area (Å²) in [7, 11) is 0.151. The Morgan fingerprint density at radius 2 is 2.03 bits per heavy atom. The van der Waals surface area contributed by atoms with E-state index in [9.17, 15) is 8.42 Å². The summed E-state index contributed by atoms with van der Waals surface area (Å²) in [4.78, 5) is 10.4. The van der Waals surface area contributed by atoms with Crippen LogP contribution in [0.2, 0.25) is 0 Å². The van der Waals surface area contributed by atoms with Crippen LogP contribution in [0, 0.1) is 0 Å². The predicted octanol–water partition coefficient (Wildman–Crippen LogP) is 2.06. The highest BCUT2D eigenvalue weighted by Gasteiger charge is 2.32. The summed E-state index contributed by atoms with van der Waals surface area (Å²) in [5.41, 5.74) is 1.00. The van der Waals surface area contributed by atoms with Crippen molar-refractivity contribution < 1.29 is 17.7 Å². The van der Waals surface area contributed by atoms with Gasteiger partial charge in [0, 0.05) is 38.4 Å². The van der Waals surface area contributed by atoms with Crippen molar-refractivity contribution in [3.8, 4) is 5.88 Å². The first-order valence-electron chi connectivity index (χ1n) is 9.40. The summed E-state index contributed by atoms with van der Waals surface area (Å²) in [6.45, 7) is 0.723. The summed E-state index contributed by atoms with van der Waals surface area (Å²) < 4.78 is 38.8. The van der Waals surface area contributed by atoms with Gasteiger partial charge in [-0.1, -0.05) is 17.3 Å². The molecular weight excluding hydrogens is 394 g/mol. The highest BCUT2D eigenvalue weighted by molar-refractivity contribution is 7.88. The minimum atomic E-state index is -3.57. The molecule has 9 nitrogen and oxygen atoms in total. The van der Waals surface area contributed by atoms with Gasteiger partial charge in [-0.25, -0.2) is 18.4 Å². The number of para-hydroxylation sites is 1. The molecule has 154 valence electrons. The second-order valence-electron chi connectivity index (χ2n) is 7.20. The fourth-order valence-corrected chi connectivity index (χ4v) is 4.96. The maximum Gasteiger partial charge on any atom is 0.257 e. The summed E-state index contributed by atoms with van der Waals surface area (Å²) in [6.07, 6.45) is 4.34. The second kappa shape index (κ2) is 7.96. The molecule has 1 aliphatic rings. The molecule has 1 aliphatic heterocycles. The van der Waals surface area contributed by atoms with Crippen molar-refractivity contribution in [2.75, 3.05) is 32.1 Å². The van der Waals surface area contributed by atoms with Gasteiger partial charge in [-0.3, -0.25) is 0 Å². The number of hydrogen-bond acceptors (Lipinski definition) is 8. The molecule has 0 spiro atoms. The number of piperidine rings is 1. The average Bonchev–Trinajstić information content (AvgIpc) is 3.11. The van der Waals surface area contributed by atoms with Gasteiger partial charge < -0.3 is 14.2 Å². The molecule has 1 saturated heterocycles. The lowest BCUT2D eigenvalue weighted by molar-refractivity contribution is 0.124. The Labute approximate surface area is 169 Å². The van der Waals surface area contributed by atoms with E-state index in [-0.39, 0.29) is 18.4 Å². The van der Waals surface area contributed by atoms with Crippen molar-refractivity contribution in [3.05, 3.63) is 42.4 Å². The zero-order chi connectivity index (χ0) is 20.4. The molecule has 0 radical (unpaired) electrons. The van der Waals surface area contributed by atoms with E-state index in [0.717, 1.165) is 11.8 Å². The van der Waals surface area contributed by atoms with E-state index in [1.165, 1.54) is 4.31 Å². The largest absolute Gasteiger partial charge is 0.470 e. The fourth-order valence-electron chi connectivity index (χ4n) is 3.43. The fraction of sp³-hybridized carbons (Fsp3) is 0.421. The molecule has 10 heteroatoms. The van der Waals surface area contributed by atoms with Crippen LogP contribution in [-0.2, 0) is 15.8 Å². The number of benzene rings is 1. The number of anilines is 1. The highest BCUT2D eigenvalue weighted by atomic mass is 32.2. The SMILES string of the molecule is CN(C)c1nccnc1OC1CCCN(S(=O)(=O)Cc2noc3ccccc23)C1. The maximum atomic E-state index is 13.0. The molecule has 3 heterocycles. The topological polar surface area (TPSA) is 102 Å². The smallest absolute Gasteiger partial charge is 0.257 e. The van der Waals surface area contributed by atoms with E-state index >= 15 is 0 Å². The standard InChI is InChI=1S/C19H23N5O4S/c1-23(2)18-19(21-10-9-20-18)27-14-6-5-11-24(12-14)29(25,26)13-16-15-7-3-4-8-17(15)28-22-16/h3-4,7-10,14H,5-6,11-13H2,1-2H3. The quantitative estimate of drug-likeness (QED) is 0.601. The lowest BCUT2D eigenvalue weighted by atomic mass is 10.1. The molecule has 1 atom stereocenters. The van der Waals surface area contributed by atoms with Crippen LogP contribution in [0.25, 0.3) is 11.0 Å². The van der Waals surface area contributed by atoms with Crippen LogP contribution >= 0.6 is 0 Å². The van der Waals surface area contributed by atoms with Crippen molar-refractivity contribution in [2.24, 2.45) is 0 Å². The zero-order valence-electron chi connectivity index (χ0n) is 16.4. The Hall–Kier alpha value is -2.72. The van der Waals surface area contributed by atoms with Gasteiger partial charge in [0.2, 0.25) is 10.0 Å². The molecule has 1 fully saturated rings. The highest BCUT2D eigenvalue weighted by Crippen LogP contribution is 2.26. The van der Waals surface area contributed by atoms with Gasteiger partial charge in [0.15, 0.2) is 11.4 Å².